The fourth-order valence-corrected chi connectivity index (χ4v) is 3.72. The Morgan fingerprint density at radius 2 is 1.56 bits per heavy atom. The van der Waals surface area contributed by atoms with Crippen molar-refractivity contribution in [2.45, 2.75) is 68.8 Å². The normalized spacial score (nSPS) is 47.1. The van der Waals surface area contributed by atoms with Gasteiger partial charge in [0, 0.05) is 31.3 Å². The van der Waals surface area contributed by atoms with Gasteiger partial charge in [0.05, 0.1) is 6.10 Å². The second-order valence-corrected chi connectivity index (χ2v) is 5.91. The lowest BCUT2D eigenvalue weighted by molar-refractivity contribution is -0.0371. The first-order valence-electron chi connectivity index (χ1n) is 6.77. The van der Waals surface area contributed by atoms with Crippen LogP contribution in [0, 0.1) is 0 Å². The number of nitrogens with zero attached hydrogens (tertiary/aromatic N) is 1. The molecule has 3 heteroatoms. The molecule has 2 heterocycles. The van der Waals surface area contributed by atoms with E-state index in [-0.39, 0.29) is 0 Å². The van der Waals surface area contributed by atoms with Crippen molar-refractivity contribution in [2.75, 3.05) is 14.2 Å². The molecule has 0 aromatic carbocycles. The molecular weight excluding hydrogens is 200 g/mol. The van der Waals surface area contributed by atoms with E-state index in [2.05, 4.69) is 17.3 Å². The Balaban J connectivity index is 1.53. The van der Waals surface area contributed by atoms with Gasteiger partial charge in [0.1, 0.15) is 0 Å². The van der Waals surface area contributed by atoms with Crippen molar-refractivity contribution in [2.24, 2.45) is 0 Å². The molecule has 16 heavy (non-hydrogen) atoms. The van der Waals surface area contributed by atoms with Crippen molar-refractivity contribution >= 4 is 0 Å². The predicted molar refractivity (Wildman–Crippen MR) is 64.5 cm³/mol. The fourth-order valence-electron chi connectivity index (χ4n) is 3.72. The predicted octanol–water partition coefficient (Wildman–Crippen LogP) is 1.38. The molecule has 1 aliphatic carbocycles. The van der Waals surface area contributed by atoms with Gasteiger partial charge in [-0.15, -0.1) is 0 Å². The van der Waals surface area contributed by atoms with E-state index in [0.717, 1.165) is 24.2 Å². The number of fused-ring (bicyclic) bond motifs is 2. The zero-order valence-electron chi connectivity index (χ0n) is 10.5. The minimum absolute atomic E-state index is 0.533. The third-order valence-electron chi connectivity index (χ3n) is 5.00. The van der Waals surface area contributed by atoms with Gasteiger partial charge in [0.2, 0.25) is 0 Å². The molecular formula is C13H24N2O. The topological polar surface area (TPSA) is 24.5 Å². The molecule has 3 rings (SSSR count). The molecule has 92 valence electrons. The Bertz CT molecular complexity index is 240. The summed E-state index contributed by atoms with van der Waals surface area (Å²) in [6.07, 6.45) is 8.55. The molecule has 0 aromatic rings. The van der Waals surface area contributed by atoms with Gasteiger partial charge in [-0.3, -0.25) is 0 Å². The summed E-state index contributed by atoms with van der Waals surface area (Å²) in [6, 6.07) is 3.23. The number of ether oxygens (including phenoxy) is 1. The Morgan fingerprint density at radius 3 is 2.12 bits per heavy atom. The molecule has 1 saturated carbocycles. The van der Waals surface area contributed by atoms with Gasteiger partial charge in [0.25, 0.3) is 0 Å². The van der Waals surface area contributed by atoms with Gasteiger partial charge >= 0.3 is 0 Å². The van der Waals surface area contributed by atoms with Gasteiger partial charge in [-0.2, -0.15) is 0 Å². The first-order valence-corrected chi connectivity index (χ1v) is 6.77. The highest BCUT2D eigenvalue weighted by atomic mass is 16.5. The van der Waals surface area contributed by atoms with Crippen LogP contribution in [0.2, 0.25) is 0 Å². The van der Waals surface area contributed by atoms with Gasteiger partial charge in [-0.1, -0.05) is 0 Å². The summed E-state index contributed by atoms with van der Waals surface area (Å²) in [6.45, 7) is 0. The smallest absolute Gasteiger partial charge is 0.0601 e. The first kappa shape index (κ1) is 11.0. The van der Waals surface area contributed by atoms with Gasteiger partial charge in [0.15, 0.2) is 0 Å². The monoisotopic (exact) mass is 224 g/mol. The van der Waals surface area contributed by atoms with E-state index in [9.17, 15) is 0 Å². The Labute approximate surface area is 98.5 Å². The molecule has 2 aliphatic heterocycles. The van der Waals surface area contributed by atoms with Crippen LogP contribution in [0.1, 0.15) is 38.5 Å². The van der Waals surface area contributed by atoms with Gasteiger partial charge < -0.3 is 15.0 Å². The highest BCUT2D eigenvalue weighted by Gasteiger charge is 2.40. The highest BCUT2D eigenvalue weighted by Crippen LogP contribution is 2.34. The van der Waals surface area contributed by atoms with Crippen LogP contribution in [0.25, 0.3) is 0 Å². The van der Waals surface area contributed by atoms with Crippen molar-refractivity contribution in [3.63, 3.8) is 0 Å². The van der Waals surface area contributed by atoms with Crippen LogP contribution in [0.4, 0.5) is 0 Å². The van der Waals surface area contributed by atoms with Crippen molar-refractivity contribution in [3.05, 3.63) is 0 Å². The summed E-state index contributed by atoms with van der Waals surface area (Å²) in [5.74, 6) is 0. The van der Waals surface area contributed by atoms with Crippen molar-refractivity contribution in [3.8, 4) is 0 Å². The lowest BCUT2D eigenvalue weighted by Gasteiger charge is -2.46. The summed E-state index contributed by atoms with van der Waals surface area (Å²) in [5.41, 5.74) is 0. The van der Waals surface area contributed by atoms with E-state index in [0.29, 0.717) is 6.10 Å². The highest BCUT2D eigenvalue weighted by molar-refractivity contribution is 4.98. The lowest BCUT2D eigenvalue weighted by atomic mass is 9.85. The third-order valence-corrected chi connectivity index (χ3v) is 5.00. The summed E-state index contributed by atoms with van der Waals surface area (Å²) >= 11 is 0. The van der Waals surface area contributed by atoms with Crippen molar-refractivity contribution < 1.29 is 4.74 Å². The SMILES string of the molecule is COC1CC(N(C)C2CC3CCC(C2)N3)C1. The third kappa shape index (κ3) is 1.89. The van der Waals surface area contributed by atoms with Crippen LogP contribution in [0.5, 0.6) is 0 Å². The summed E-state index contributed by atoms with van der Waals surface area (Å²) < 4.78 is 5.37. The zero-order valence-corrected chi connectivity index (χ0v) is 10.5. The lowest BCUT2D eigenvalue weighted by Crippen LogP contribution is -2.54. The van der Waals surface area contributed by atoms with Crippen LogP contribution in [-0.4, -0.2) is 49.3 Å². The molecule has 3 fully saturated rings. The molecule has 0 amide bonds. The molecule has 2 unspecified atom stereocenters. The second-order valence-electron chi connectivity index (χ2n) is 5.91. The molecule has 0 aromatic heterocycles. The maximum Gasteiger partial charge on any atom is 0.0601 e. The molecule has 3 nitrogen and oxygen atoms in total. The first-order chi connectivity index (χ1) is 7.76. The standard InChI is InChI=1S/C13H24N2O/c1-15(12-7-13(8-12)16-2)11-5-9-3-4-10(6-11)14-9/h9-14H,3-8H2,1-2H3. The molecule has 0 spiro atoms. The summed E-state index contributed by atoms with van der Waals surface area (Å²) in [7, 11) is 4.16. The van der Waals surface area contributed by atoms with Crippen LogP contribution >= 0.6 is 0 Å². The number of methoxy groups -OCH3 is 1. The van der Waals surface area contributed by atoms with E-state index in [1.54, 1.807) is 0 Å². The van der Waals surface area contributed by atoms with Crippen molar-refractivity contribution in [1.82, 2.24) is 10.2 Å². The van der Waals surface area contributed by atoms with E-state index in [4.69, 9.17) is 4.74 Å². The number of hydrogen-bond donors (Lipinski definition) is 1. The van der Waals surface area contributed by atoms with E-state index >= 15 is 0 Å². The molecule has 2 atom stereocenters. The number of nitrogens with one attached hydrogen (secondary N) is 1. The molecule has 3 aliphatic rings. The molecule has 2 bridgehead atoms. The van der Waals surface area contributed by atoms with Crippen LogP contribution in [0.3, 0.4) is 0 Å². The summed E-state index contributed by atoms with van der Waals surface area (Å²) in [5, 5.41) is 3.72. The van der Waals surface area contributed by atoms with E-state index in [1.807, 2.05) is 7.11 Å². The largest absolute Gasteiger partial charge is 0.381 e. The Kier molecular flexibility index (Phi) is 2.94. The zero-order chi connectivity index (χ0) is 11.1. The number of piperidine rings is 1. The summed E-state index contributed by atoms with van der Waals surface area (Å²) in [4.78, 5) is 2.64. The average molecular weight is 224 g/mol. The maximum absolute atomic E-state index is 5.37. The van der Waals surface area contributed by atoms with Gasteiger partial charge in [-0.05, 0) is 45.6 Å². The second kappa shape index (κ2) is 4.28. The molecule has 2 saturated heterocycles. The van der Waals surface area contributed by atoms with Crippen LogP contribution in [-0.2, 0) is 4.74 Å². The average Bonchev–Trinajstić information content (AvgIpc) is 2.56. The van der Waals surface area contributed by atoms with Crippen LogP contribution < -0.4 is 5.32 Å². The molecule has 1 N–H and O–H groups in total. The Hall–Kier alpha value is -0.120. The Morgan fingerprint density at radius 1 is 1.00 bits per heavy atom. The number of hydrogen-bond acceptors (Lipinski definition) is 3. The number of rotatable bonds is 3. The van der Waals surface area contributed by atoms with E-state index in [1.165, 1.54) is 38.5 Å². The van der Waals surface area contributed by atoms with Gasteiger partial charge in [-0.25, -0.2) is 0 Å². The maximum atomic E-state index is 5.37. The van der Waals surface area contributed by atoms with E-state index < -0.39 is 0 Å². The quantitative estimate of drug-likeness (QED) is 0.784. The minimum Gasteiger partial charge on any atom is -0.381 e. The molecule has 0 radical (unpaired) electrons. The fraction of sp³-hybridized carbons (Fsp3) is 1.00. The van der Waals surface area contributed by atoms with Crippen LogP contribution in [0.15, 0.2) is 0 Å². The minimum atomic E-state index is 0.533. The van der Waals surface area contributed by atoms with Crippen molar-refractivity contribution in [1.29, 1.82) is 0 Å².